The fraction of sp³-hybridized carbons (Fsp3) is 0.375. The zero-order valence-electron chi connectivity index (χ0n) is 6.37. The molecule has 1 N–H and O–H groups in total. The Morgan fingerprint density at radius 2 is 2.50 bits per heavy atom. The number of hydrogen-bond acceptors (Lipinski definition) is 3. The second-order valence-corrected chi connectivity index (χ2v) is 3.56. The maximum atomic E-state index is 10.7. The summed E-state index contributed by atoms with van der Waals surface area (Å²) in [7, 11) is 0. The van der Waals surface area contributed by atoms with Crippen LogP contribution in [0.5, 0.6) is 0 Å². The summed E-state index contributed by atoms with van der Waals surface area (Å²) in [6.45, 7) is 1.17. The van der Waals surface area contributed by atoms with Gasteiger partial charge in [-0.25, -0.2) is 4.79 Å². The lowest BCUT2D eigenvalue weighted by Crippen LogP contribution is -2.10. The van der Waals surface area contributed by atoms with Crippen LogP contribution < -0.4 is 0 Å². The van der Waals surface area contributed by atoms with Crippen LogP contribution in [0.2, 0.25) is 0 Å². The van der Waals surface area contributed by atoms with Crippen LogP contribution in [0.4, 0.5) is 0 Å². The van der Waals surface area contributed by atoms with Gasteiger partial charge in [0.15, 0.2) is 0 Å². The molecule has 0 aliphatic carbocycles. The van der Waals surface area contributed by atoms with Crippen molar-refractivity contribution in [3.63, 3.8) is 0 Å². The lowest BCUT2D eigenvalue weighted by molar-refractivity contribution is 0.0689. The molecular weight excluding hydrogens is 176 g/mol. The number of aromatic carboxylic acids is 1. The van der Waals surface area contributed by atoms with E-state index in [1.807, 2.05) is 5.38 Å². The van der Waals surface area contributed by atoms with Gasteiger partial charge in [0.1, 0.15) is 4.88 Å². The Morgan fingerprint density at radius 3 is 3.25 bits per heavy atom. The Labute approximate surface area is 73.6 Å². The number of carboxylic acids is 1. The second kappa shape index (κ2) is 2.88. The third-order valence-electron chi connectivity index (χ3n) is 1.94. The first kappa shape index (κ1) is 7.76. The molecule has 0 radical (unpaired) electrons. The van der Waals surface area contributed by atoms with Crippen molar-refractivity contribution in [1.82, 2.24) is 0 Å². The van der Waals surface area contributed by atoms with Crippen LogP contribution in [-0.4, -0.2) is 17.7 Å². The minimum absolute atomic E-state index is 0.435. The fourth-order valence-corrected chi connectivity index (χ4v) is 2.28. The summed E-state index contributed by atoms with van der Waals surface area (Å²) in [5, 5.41) is 10.7. The molecule has 0 spiro atoms. The van der Waals surface area contributed by atoms with Crippen molar-refractivity contribution in [2.45, 2.75) is 13.0 Å². The van der Waals surface area contributed by atoms with E-state index in [0.29, 0.717) is 18.1 Å². The van der Waals surface area contributed by atoms with Gasteiger partial charge in [-0.2, -0.15) is 0 Å². The minimum atomic E-state index is -0.841. The Kier molecular flexibility index (Phi) is 1.86. The Balaban J connectivity index is 2.44. The van der Waals surface area contributed by atoms with E-state index >= 15 is 0 Å². The normalized spacial score (nSPS) is 15.7. The molecule has 0 fully saturated rings. The number of carbonyl (C=O) groups is 1. The predicted octanol–water partition coefficient (Wildman–Crippen LogP) is 1.52. The molecule has 2 rings (SSSR count). The third kappa shape index (κ3) is 1.13. The van der Waals surface area contributed by atoms with E-state index in [2.05, 4.69) is 0 Å². The van der Waals surface area contributed by atoms with E-state index in [4.69, 9.17) is 9.84 Å². The van der Waals surface area contributed by atoms with Gasteiger partial charge in [0.05, 0.1) is 13.2 Å². The molecule has 0 atom stereocenters. The van der Waals surface area contributed by atoms with Gasteiger partial charge < -0.3 is 9.84 Å². The Hall–Kier alpha value is -0.870. The standard InChI is InChI=1S/C8H8O3S/c9-8(10)7-6-3-11-2-1-5(6)4-12-7/h4H,1-3H2,(H,9,10). The molecule has 0 unspecified atom stereocenters. The maximum Gasteiger partial charge on any atom is 0.346 e. The molecule has 12 heavy (non-hydrogen) atoms. The van der Waals surface area contributed by atoms with E-state index in [9.17, 15) is 4.79 Å². The largest absolute Gasteiger partial charge is 0.477 e. The zero-order chi connectivity index (χ0) is 8.55. The van der Waals surface area contributed by atoms with E-state index in [1.165, 1.54) is 11.3 Å². The van der Waals surface area contributed by atoms with Gasteiger partial charge >= 0.3 is 5.97 Å². The number of fused-ring (bicyclic) bond motifs is 1. The molecule has 0 saturated heterocycles. The molecule has 0 aromatic carbocycles. The van der Waals surface area contributed by atoms with Crippen molar-refractivity contribution >= 4 is 17.3 Å². The van der Waals surface area contributed by atoms with Crippen molar-refractivity contribution in [2.24, 2.45) is 0 Å². The summed E-state index contributed by atoms with van der Waals surface area (Å²) in [6.07, 6.45) is 0.846. The third-order valence-corrected chi connectivity index (χ3v) is 3.00. The smallest absolute Gasteiger partial charge is 0.346 e. The molecule has 64 valence electrons. The van der Waals surface area contributed by atoms with Gasteiger partial charge in [0.25, 0.3) is 0 Å². The van der Waals surface area contributed by atoms with Crippen molar-refractivity contribution in [3.05, 3.63) is 21.4 Å². The molecule has 0 bridgehead atoms. The van der Waals surface area contributed by atoms with Crippen molar-refractivity contribution in [2.75, 3.05) is 6.61 Å². The molecular formula is C8H8O3S. The minimum Gasteiger partial charge on any atom is -0.477 e. The first-order valence-electron chi connectivity index (χ1n) is 3.69. The number of carboxylic acid groups (broad SMARTS) is 1. The molecule has 1 aromatic heterocycles. The van der Waals surface area contributed by atoms with E-state index < -0.39 is 5.97 Å². The molecule has 2 heterocycles. The van der Waals surface area contributed by atoms with Crippen LogP contribution in [-0.2, 0) is 17.8 Å². The highest BCUT2D eigenvalue weighted by Gasteiger charge is 2.19. The highest BCUT2D eigenvalue weighted by molar-refractivity contribution is 7.12. The van der Waals surface area contributed by atoms with Crippen LogP contribution in [0, 0.1) is 0 Å². The number of ether oxygens (including phenoxy) is 1. The maximum absolute atomic E-state index is 10.7. The summed E-state index contributed by atoms with van der Waals surface area (Å²) < 4.78 is 5.19. The van der Waals surface area contributed by atoms with E-state index in [0.717, 1.165) is 17.5 Å². The van der Waals surface area contributed by atoms with E-state index in [-0.39, 0.29) is 0 Å². The van der Waals surface area contributed by atoms with Gasteiger partial charge in [-0.1, -0.05) is 0 Å². The van der Waals surface area contributed by atoms with Gasteiger partial charge in [0, 0.05) is 5.56 Å². The average Bonchev–Trinajstić information content (AvgIpc) is 2.47. The second-order valence-electron chi connectivity index (χ2n) is 2.68. The summed E-state index contributed by atoms with van der Waals surface area (Å²) in [5.41, 5.74) is 2.02. The van der Waals surface area contributed by atoms with Crippen LogP contribution in [0.1, 0.15) is 20.8 Å². The monoisotopic (exact) mass is 184 g/mol. The van der Waals surface area contributed by atoms with Crippen LogP contribution >= 0.6 is 11.3 Å². The molecule has 0 amide bonds. The average molecular weight is 184 g/mol. The highest BCUT2D eigenvalue weighted by atomic mass is 32.1. The molecule has 1 aromatic rings. The molecule has 0 saturated carbocycles. The first-order chi connectivity index (χ1) is 5.79. The first-order valence-corrected chi connectivity index (χ1v) is 4.57. The number of hydrogen-bond donors (Lipinski definition) is 1. The highest BCUT2D eigenvalue weighted by Crippen LogP contribution is 2.26. The lowest BCUT2D eigenvalue weighted by Gasteiger charge is -2.12. The summed E-state index contributed by atoms with van der Waals surface area (Å²) in [4.78, 5) is 11.1. The molecule has 4 heteroatoms. The van der Waals surface area contributed by atoms with Crippen molar-refractivity contribution in [1.29, 1.82) is 0 Å². The Bertz CT molecular complexity index is 316. The summed E-state index contributed by atoms with van der Waals surface area (Å²) in [5.74, 6) is -0.841. The topological polar surface area (TPSA) is 46.5 Å². The van der Waals surface area contributed by atoms with E-state index in [1.54, 1.807) is 0 Å². The van der Waals surface area contributed by atoms with Crippen LogP contribution in [0.25, 0.3) is 0 Å². The molecule has 1 aliphatic heterocycles. The van der Waals surface area contributed by atoms with Crippen molar-refractivity contribution in [3.8, 4) is 0 Å². The quantitative estimate of drug-likeness (QED) is 0.719. The summed E-state index contributed by atoms with van der Waals surface area (Å²) >= 11 is 1.29. The van der Waals surface area contributed by atoms with Gasteiger partial charge in [-0.05, 0) is 17.4 Å². The Morgan fingerprint density at radius 1 is 1.67 bits per heavy atom. The fourth-order valence-electron chi connectivity index (χ4n) is 1.32. The van der Waals surface area contributed by atoms with Crippen LogP contribution in [0.3, 0.4) is 0 Å². The summed E-state index contributed by atoms with van der Waals surface area (Å²) in [6, 6.07) is 0. The van der Waals surface area contributed by atoms with Crippen LogP contribution in [0.15, 0.2) is 5.38 Å². The predicted molar refractivity (Wildman–Crippen MR) is 44.6 cm³/mol. The molecule has 3 nitrogen and oxygen atoms in total. The molecule has 1 aliphatic rings. The lowest BCUT2D eigenvalue weighted by atomic mass is 10.1. The van der Waals surface area contributed by atoms with Crippen molar-refractivity contribution < 1.29 is 14.6 Å². The zero-order valence-corrected chi connectivity index (χ0v) is 7.19. The van der Waals surface area contributed by atoms with Gasteiger partial charge in [-0.15, -0.1) is 11.3 Å². The van der Waals surface area contributed by atoms with Gasteiger partial charge in [-0.3, -0.25) is 0 Å². The number of rotatable bonds is 1. The van der Waals surface area contributed by atoms with Gasteiger partial charge in [0.2, 0.25) is 0 Å². The SMILES string of the molecule is O=C(O)c1scc2c1COCC2. The number of thiophene rings is 1.